The van der Waals surface area contributed by atoms with Gasteiger partial charge in [-0.25, -0.2) is 4.79 Å². The highest BCUT2D eigenvalue weighted by atomic mass is 16.5. The molecule has 0 saturated heterocycles. The Morgan fingerprint density at radius 1 is 1.10 bits per heavy atom. The number of benzene rings is 2. The minimum absolute atomic E-state index is 0.0783. The maximum atomic E-state index is 13.5. The van der Waals surface area contributed by atoms with Crippen LogP contribution in [0, 0.1) is 0 Å². The van der Waals surface area contributed by atoms with Gasteiger partial charge in [0.05, 0.1) is 17.8 Å². The summed E-state index contributed by atoms with van der Waals surface area (Å²) >= 11 is 0. The molecule has 4 rings (SSSR count). The summed E-state index contributed by atoms with van der Waals surface area (Å²) in [6, 6.07) is 14.3. The van der Waals surface area contributed by atoms with Crippen molar-refractivity contribution in [1.82, 2.24) is 4.90 Å². The van der Waals surface area contributed by atoms with Gasteiger partial charge >= 0.3 is 5.97 Å². The topological polar surface area (TPSA) is 46.6 Å². The molecule has 1 heterocycles. The summed E-state index contributed by atoms with van der Waals surface area (Å²) in [5, 5.41) is 2.17. The molecule has 4 nitrogen and oxygen atoms in total. The van der Waals surface area contributed by atoms with Crippen LogP contribution in [0.1, 0.15) is 51.5 Å². The SMILES string of the molecule is CCOC(=O)C1=C(C)N(C2CCCCC2)C(=O)/C1=C\c1cccc2ccccc12. The van der Waals surface area contributed by atoms with Crippen LogP contribution in [0.25, 0.3) is 16.8 Å². The Hall–Kier alpha value is -2.88. The van der Waals surface area contributed by atoms with Crippen LogP contribution in [-0.2, 0) is 14.3 Å². The second-order valence-electron chi connectivity index (χ2n) is 7.77. The maximum Gasteiger partial charge on any atom is 0.340 e. The highest BCUT2D eigenvalue weighted by Gasteiger charge is 2.40. The molecule has 0 aromatic heterocycles. The molecule has 0 unspecified atom stereocenters. The number of hydrogen-bond acceptors (Lipinski definition) is 3. The number of carbonyl (C=O) groups is 2. The summed E-state index contributed by atoms with van der Waals surface area (Å²) in [7, 11) is 0. The van der Waals surface area contributed by atoms with Gasteiger partial charge in [-0.15, -0.1) is 0 Å². The lowest BCUT2D eigenvalue weighted by molar-refractivity contribution is -0.138. The average molecular weight is 389 g/mol. The second-order valence-corrected chi connectivity index (χ2v) is 7.77. The van der Waals surface area contributed by atoms with Crippen molar-refractivity contribution in [1.29, 1.82) is 0 Å². The predicted octanol–water partition coefficient (Wildman–Crippen LogP) is 5.24. The zero-order valence-electron chi connectivity index (χ0n) is 17.1. The van der Waals surface area contributed by atoms with Crippen LogP contribution < -0.4 is 0 Å². The van der Waals surface area contributed by atoms with Crippen molar-refractivity contribution >= 4 is 28.7 Å². The molecule has 2 aromatic carbocycles. The molecule has 0 bridgehead atoms. The third-order valence-electron chi connectivity index (χ3n) is 5.98. The van der Waals surface area contributed by atoms with E-state index < -0.39 is 5.97 Å². The first-order valence-corrected chi connectivity index (χ1v) is 10.5. The van der Waals surface area contributed by atoms with Crippen molar-refractivity contribution in [3.63, 3.8) is 0 Å². The lowest BCUT2D eigenvalue weighted by Gasteiger charge is -2.32. The Balaban J connectivity index is 1.82. The Morgan fingerprint density at radius 3 is 2.59 bits per heavy atom. The van der Waals surface area contributed by atoms with Crippen LogP contribution in [0.4, 0.5) is 0 Å². The van der Waals surface area contributed by atoms with Gasteiger partial charge in [0.25, 0.3) is 5.91 Å². The number of carbonyl (C=O) groups excluding carboxylic acids is 2. The Labute approximate surface area is 171 Å². The van der Waals surface area contributed by atoms with Gasteiger partial charge in [-0.2, -0.15) is 0 Å². The second kappa shape index (κ2) is 8.24. The fourth-order valence-corrected chi connectivity index (χ4v) is 4.61. The molecular formula is C25H27NO3. The fraction of sp³-hybridized carbons (Fsp3) is 0.360. The van der Waals surface area contributed by atoms with E-state index in [1.165, 1.54) is 6.42 Å². The van der Waals surface area contributed by atoms with Crippen molar-refractivity contribution in [2.45, 2.75) is 52.0 Å². The number of esters is 1. The molecule has 0 spiro atoms. The maximum absolute atomic E-state index is 13.5. The van der Waals surface area contributed by atoms with Crippen molar-refractivity contribution in [2.75, 3.05) is 6.61 Å². The Morgan fingerprint density at radius 2 is 1.83 bits per heavy atom. The van der Waals surface area contributed by atoms with Gasteiger partial charge in [0.2, 0.25) is 0 Å². The van der Waals surface area contributed by atoms with Crippen molar-refractivity contribution < 1.29 is 14.3 Å². The molecule has 1 aliphatic heterocycles. The van der Waals surface area contributed by atoms with Gasteiger partial charge in [0, 0.05) is 11.7 Å². The van der Waals surface area contributed by atoms with E-state index in [4.69, 9.17) is 4.74 Å². The molecule has 0 radical (unpaired) electrons. The fourth-order valence-electron chi connectivity index (χ4n) is 4.61. The van der Waals surface area contributed by atoms with Gasteiger partial charge in [-0.3, -0.25) is 4.79 Å². The molecule has 2 aliphatic rings. The van der Waals surface area contributed by atoms with E-state index >= 15 is 0 Å². The highest BCUT2D eigenvalue weighted by molar-refractivity contribution is 6.17. The average Bonchev–Trinajstić information content (AvgIpc) is 2.98. The highest BCUT2D eigenvalue weighted by Crippen LogP contribution is 2.37. The summed E-state index contributed by atoms with van der Waals surface area (Å²) in [6.07, 6.45) is 7.30. The van der Waals surface area contributed by atoms with Gasteiger partial charge in [-0.1, -0.05) is 61.7 Å². The molecule has 4 heteroatoms. The smallest absolute Gasteiger partial charge is 0.340 e. The van der Waals surface area contributed by atoms with Crippen molar-refractivity contribution in [3.05, 3.63) is 64.9 Å². The van der Waals surface area contributed by atoms with E-state index in [9.17, 15) is 9.59 Å². The van der Waals surface area contributed by atoms with Crippen molar-refractivity contribution in [3.8, 4) is 0 Å². The van der Waals surface area contributed by atoms with Crippen LogP contribution >= 0.6 is 0 Å². The molecule has 2 aromatic rings. The lowest BCUT2D eigenvalue weighted by Crippen LogP contribution is -2.37. The number of fused-ring (bicyclic) bond motifs is 1. The minimum Gasteiger partial charge on any atom is -0.462 e. The standard InChI is InChI=1S/C25H27NO3/c1-3-29-25(28)23-17(2)26(20-13-5-4-6-14-20)24(27)22(23)16-19-12-9-11-18-10-7-8-15-21(18)19/h7-12,15-16,20H,3-6,13-14H2,1-2H3/b22-16-. The predicted molar refractivity (Wildman–Crippen MR) is 115 cm³/mol. The zero-order valence-corrected chi connectivity index (χ0v) is 17.1. The Kier molecular flexibility index (Phi) is 5.52. The van der Waals surface area contributed by atoms with E-state index in [0.717, 1.165) is 47.7 Å². The van der Waals surface area contributed by atoms with Crippen LogP contribution in [0.15, 0.2) is 59.3 Å². The van der Waals surface area contributed by atoms with Crippen LogP contribution in [-0.4, -0.2) is 29.4 Å². The minimum atomic E-state index is -0.414. The lowest BCUT2D eigenvalue weighted by atomic mass is 9.94. The first-order valence-electron chi connectivity index (χ1n) is 10.5. The molecule has 1 amide bonds. The van der Waals surface area contributed by atoms with Crippen LogP contribution in [0.2, 0.25) is 0 Å². The van der Waals surface area contributed by atoms with Crippen molar-refractivity contribution in [2.24, 2.45) is 0 Å². The van der Waals surface area contributed by atoms with Crippen LogP contribution in [0.5, 0.6) is 0 Å². The van der Waals surface area contributed by atoms with E-state index in [-0.39, 0.29) is 18.6 Å². The summed E-state index contributed by atoms with van der Waals surface area (Å²) in [4.78, 5) is 28.1. The number of rotatable bonds is 4. The molecule has 1 fully saturated rings. The quantitative estimate of drug-likeness (QED) is 0.531. The largest absolute Gasteiger partial charge is 0.462 e. The molecule has 29 heavy (non-hydrogen) atoms. The van der Waals surface area contributed by atoms with Gasteiger partial charge in [0.1, 0.15) is 0 Å². The first-order chi connectivity index (χ1) is 14.1. The summed E-state index contributed by atoms with van der Waals surface area (Å²) in [5.74, 6) is -0.492. The van der Waals surface area contributed by atoms with Crippen LogP contribution in [0.3, 0.4) is 0 Å². The zero-order chi connectivity index (χ0) is 20.4. The van der Waals surface area contributed by atoms with E-state index in [1.54, 1.807) is 6.92 Å². The number of ether oxygens (including phenoxy) is 1. The normalized spacial score (nSPS) is 19.4. The van der Waals surface area contributed by atoms with Gasteiger partial charge in [0.15, 0.2) is 0 Å². The number of amides is 1. The molecular weight excluding hydrogens is 362 g/mol. The summed E-state index contributed by atoms with van der Waals surface area (Å²) in [6.45, 7) is 3.95. The molecule has 1 aliphatic carbocycles. The van der Waals surface area contributed by atoms with Gasteiger partial charge < -0.3 is 9.64 Å². The molecule has 0 N–H and O–H groups in total. The monoisotopic (exact) mass is 389 g/mol. The molecule has 0 atom stereocenters. The molecule has 1 saturated carbocycles. The first kappa shape index (κ1) is 19.4. The number of allylic oxidation sites excluding steroid dienone is 1. The van der Waals surface area contributed by atoms with E-state index in [2.05, 4.69) is 12.1 Å². The number of hydrogen-bond donors (Lipinski definition) is 0. The number of nitrogens with zero attached hydrogens (tertiary/aromatic N) is 1. The van der Waals surface area contributed by atoms with Gasteiger partial charge in [-0.05, 0) is 49.1 Å². The third kappa shape index (κ3) is 3.59. The summed E-state index contributed by atoms with van der Waals surface area (Å²) < 4.78 is 5.32. The Bertz CT molecular complexity index is 1010. The molecule has 150 valence electrons. The van der Waals surface area contributed by atoms with E-state index in [1.807, 2.05) is 48.2 Å². The van der Waals surface area contributed by atoms with E-state index in [0.29, 0.717) is 11.1 Å². The third-order valence-corrected chi connectivity index (χ3v) is 5.98. The summed E-state index contributed by atoms with van der Waals surface area (Å²) in [5.41, 5.74) is 2.52.